The second kappa shape index (κ2) is 4.24. The van der Waals surface area contributed by atoms with E-state index >= 15 is 0 Å². The highest BCUT2D eigenvalue weighted by Gasteiger charge is 2.23. The van der Waals surface area contributed by atoms with Crippen LogP contribution in [0.25, 0.3) is 0 Å². The number of thiol groups is 2. The van der Waals surface area contributed by atoms with Crippen molar-refractivity contribution in [1.29, 1.82) is 0 Å². The Morgan fingerprint density at radius 3 is 2.13 bits per heavy atom. The summed E-state index contributed by atoms with van der Waals surface area (Å²) in [4.78, 5) is 10.8. The van der Waals surface area contributed by atoms with Crippen molar-refractivity contribution in [1.82, 2.24) is 0 Å². The van der Waals surface area contributed by atoms with Gasteiger partial charge >= 0.3 is 5.97 Å². The van der Waals surface area contributed by atoms with Crippen LogP contribution in [-0.4, -0.2) is 21.3 Å². The third-order valence-corrected chi connectivity index (χ3v) is 2.98. The first-order chi connectivity index (χ1) is 6.91. The molecule has 0 saturated heterocycles. The van der Waals surface area contributed by atoms with Gasteiger partial charge in [0.1, 0.15) is 17.1 Å². The molecule has 0 saturated carbocycles. The predicted molar refractivity (Wildman–Crippen MR) is 60.6 cm³/mol. The largest absolute Gasteiger partial charge is 0.506 e. The van der Waals surface area contributed by atoms with Crippen molar-refractivity contribution in [2.75, 3.05) is 0 Å². The van der Waals surface area contributed by atoms with E-state index in [0.717, 1.165) is 0 Å². The minimum Gasteiger partial charge on any atom is -0.506 e. The molecular weight excluding hydrogens is 236 g/mol. The zero-order valence-electron chi connectivity index (χ0n) is 7.85. The van der Waals surface area contributed by atoms with Crippen molar-refractivity contribution in [3.63, 3.8) is 0 Å². The molecule has 0 heterocycles. The number of rotatable bonds is 2. The van der Waals surface area contributed by atoms with Crippen molar-refractivity contribution in [2.45, 2.75) is 23.1 Å². The molecule has 6 heteroatoms. The Morgan fingerprint density at radius 2 is 1.73 bits per heavy atom. The fraction of sp³-hybridized carbons (Fsp3) is 0.222. The van der Waals surface area contributed by atoms with Gasteiger partial charge < -0.3 is 15.3 Å². The van der Waals surface area contributed by atoms with E-state index in [1.807, 2.05) is 0 Å². The zero-order valence-corrected chi connectivity index (χ0v) is 9.64. The molecule has 0 aliphatic carbocycles. The zero-order chi connectivity index (χ0) is 11.7. The normalized spacial score (nSPS) is 10.3. The molecule has 0 aromatic heterocycles. The molecule has 3 N–H and O–H groups in total. The molecule has 0 fully saturated rings. The molecule has 0 unspecified atom stereocenters. The highest BCUT2D eigenvalue weighted by molar-refractivity contribution is 7.81. The number of phenols is 2. The number of aromatic hydroxyl groups is 2. The van der Waals surface area contributed by atoms with Gasteiger partial charge in [0.05, 0.1) is 4.90 Å². The maximum atomic E-state index is 10.8. The van der Waals surface area contributed by atoms with Crippen molar-refractivity contribution in [2.24, 2.45) is 0 Å². The molecule has 1 aromatic carbocycles. The third-order valence-electron chi connectivity index (χ3n) is 2.06. The first-order valence-electron chi connectivity index (χ1n) is 4.13. The van der Waals surface area contributed by atoms with E-state index in [2.05, 4.69) is 25.3 Å². The number of carbonyl (C=O) groups is 1. The number of carboxylic acids is 1. The quantitative estimate of drug-likeness (QED) is 0.517. The monoisotopic (exact) mass is 246 g/mol. The van der Waals surface area contributed by atoms with Crippen LogP contribution in [0.5, 0.6) is 11.5 Å². The van der Waals surface area contributed by atoms with Crippen LogP contribution in [0, 0.1) is 0 Å². The smallest absolute Gasteiger partial charge is 0.340 e. The molecule has 0 radical (unpaired) electrons. The maximum absolute atomic E-state index is 10.8. The van der Waals surface area contributed by atoms with Crippen LogP contribution in [0.4, 0.5) is 0 Å². The van der Waals surface area contributed by atoms with Gasteiger partial charge in [-0.05, 0) is 6.42 Å². The highest BCUT2D eigenvalue weighted by atomic mass is 32.1. The Hall–Kier alpha value is -1.01. The van der Waals surface area contributed by atoms with E-state index in [9.17, 15) is 15.0 Å². The van der Waals surface area contributed by atoms with E-state index in [4.69, 9.17) is 5.11 Å². The molecule has 0 bridgehead atoms. The second-order valence-corrected chi connectivity index (χ2v) is 3.80. The molecule has 82 valence electrons. The molecule has 0 amide bonds. The van der Waals surface area contributed by atoms with Crippen LogP contribution < -0.4 is 0 Å². The number of aromatic carboxylic acids is 1. The molecule has 4 nitrogen and oxygen atoms in total. The number of phenolic OH excluding ortho intramolecular Hbond substituents is 1. The van der Waals surface area contributed by atoms with Gasteiger partial charge in [-0.15, -0.1) is 25.3 Å². The summed E-state index contributed by atoms with van der Waals surface area (Å²) in [5.74, 6) is -2.10. The Balaban J connectivity index is 3.68. The molecule has 0 spiro atoms. The van der Waals surface area contributed by atoms with Crippen LogP contribution in [0.1, 0.15) is 22.8 Å². The van der Waals surface area contributed by atoms with Gasteiger partial charge in [0, 0.05) is 10.5 Å². The molecular formula is C9H10O4S2. The standard InChI is InChI=1S/C9H10O4S2/c1-2-3-5(10)8(15)6(11)4(7(3)14)9(12)13/h10-11,14-15H,2H2,1H3,(H,12,13). The summed E-state index contributed by atoms with van der Waals surface area (Å²) >= 11 is 7.83. The van der Waals surface area contributed by atoms with Gasteiger partial charge in [-0.2, -0.15) is 0 Å². The van der Waals surface area contributed by atoms with E-state index in [0.29, 0.717) is 12.0 Å². The molecule has 15 heavy (non-hydrogen) atoms. The second-order valence-electron chi connectivity index (χ2n) is 2.91. The van der Waals surface area contributed by atoms with Crippen LogP contribution in [0.3, 0.4) is 0 Å². The highest BCUT2D eigenvalue weighted by Crippen LogP contribution is 2.41. The summed E-state index contributed by atoms with van der Waals surface area (Å²) in [5.41, 5.74) is 0.0246. The molecule has 1 aromatic rings. The molecule has 0 atom stereocenters. The van der Waals surface area contributed by atoms with Gasteiger partial charge in [0.15, 0.2) is 0 Å². The van der Waals surface area contributed by atoms with Crippen molar-refractivity contribution < 1.29 is 20.1 Å². The molecule has 0 aliphatic heterocycles. The summed E-state index contributed by atoms with van der Waals surface area (Å²) < 4.78 is 0. The summed E-state index contributed by atoms with van der Waals surface area (Å²) in [6.45, 7) is 1.74. The van der Waals surface area contributed by atoms with Gasteiger partial charge in [0.2, 0.25) is 0 Å². The summed E-state index contributed by atoms with van der Waals surface area (Å²) in [6.07, 6.45) is 0.402. The lowest BCUT2D eigenvalue weighted by atomic mass is 10.1. The lowest BCUT2D eigenvalue weighted by molar-refractivity contribution is 0.0689. The Bertz CT molecular complexity index is 429. The Morgan fingerprint density at radius 1 is 1.20 bits per heavy atom. The number of hydrogen-bond acceptors (Lipinski definition) is 5. The van der Waals surface area contributed by atoms with E-state index in [1.165, 1.54) is 0 Å². The van der Waals surface area contributed by atoms with E-state index in [1.54, 1.807) is 6.92 Å². The van der Waals surface area contributed by atoms with Crippen LogP contribution in [0.2, 0.25) is 0 Å². The summed E-state index contributed by atoms with van der Waals surface area (Å²) in [5, 5.41) is 27.9. The van der Waals surface area contributed by atoms with E-state index < -0.39 is 11.7 Å². The summed E-state index contributed by atoms with van der Waals surface area (Å²) in [6, 6.07) is 0. The number of benzene rings is 1. The fourth-order valence-corrected chi connectivity index (χ4v) is 2.00. The minimum absolute atomic E-state index is 0.0674. The number of hydrogen-bond donors (Lipinski definition) is 5. The fourth-order valence-electron chi connectivity index (χ4n) is 1.29. The van der Waals surface area contributed by atoms with Crippen molar-refractivity contribution >= 4 is 31.2 Å². The van der Waals surface area contributed by atoms with Gasteiger partial charge in [-0.1, -0.05) is 6.92 Å². The average molecular weight is 246 g/mol. The third kappa shape index (κ3) is 1.87. The van der Waals surface area contributed by atoms with Crippen LogP contribution in [-0.2, 0) is 6.42 Å². The summed E-state index contributed by atoms with van der Waals surface area (Å²) in [7, 11) is 0. The lowest BCUT2D eigenvalue weighted by Crippen LogP contribution is -2.02. The van der Waals surface area contributed by atoms with Crippen LogP contribution in [0.15, 0.2) is 9.79 Å². The first-order valence-corrected chi connectivity index (χ1v) is 5.03. The first kappa shape index (κ1) is 12.1. The molecule has 0 aliphatic rings. The topological polar surface area (TPSA) is 77.8 Å². The van der Waals surface area contributed by atoms with Crippen molar-refractivity contribution in [3.05, 3.63) is 11.1 Å². The van der Waals surface area contributed by atoms with Crippen molar-refractivity contribution in [3.8, 4) is 11.5 Å². The maximum Gasteiger partial charge on any atom is 0.340 e. The van der Waals surface area contributed by atoms with Crippen LogP contribution >= 0.6 is 25.3 Å². The predicted octanol–water partition coefficient (Wildman–Crippen LogP) is 1.94. The minimum atomic E-state index is -1.30. The SMILES string of the molecule is CCc1c(O)c(S)c(O)c(C(=O)O)c1S. The lowest BCUT2D eigenvalue weighted by Gasteiger charge is -2.13. The van der Waals surface area contributed by atoms with E-state index in [-0.39, 0.29) is 21.1 Å². The molecule has 1 rings (SSSR count). The Labute approximate surface area is 97.4 Å². The average Bonchev–Trinajstić information content (AvgIpc) is 2.15. The van der Waals surface area contributed by atoms with Gasteiger partial charge in [0.25, 0.3) is 0 Å². The van der Waals surface area contributed by atoms with Gasteiger partial charge in [-0.3, -0.25) is 0 Å². The number of carboxylic acid groups (broad SMARTS) is 1. The Kier molecular flexibility index (Phi) is 3.41. The van der Waals surface area contributed by atoms with Gasteiger partial charge in [-0.25, -0.2) is 4.79 Å².